The number of benzene rings is 1. The standard InChI is InChI=1S/C17H22N8O2S.2H2/c1-24(2)28(26,27)23-11-7-8-25(10-11)14-9-19-16(18)15(22-14)17-20-12-5-3-4-6-13(12)21-17;;/h3-6,9,11,23H,7-8,10H2,1-2H3,(H2,18,19)(H,20,21);2*1H/t11-;;/m0../s1. The van der Waals surface area contributed by atoms with Crippen LogP contribution in [-0.2, 0) is 10.2 Å². The number of fused-ring (bicyclic) bond motifs is 1. The summed E-state index contributed by atoms with van der Waals surface area (Å²) in [5.74, 6) is 1.47. The zero-order valence-electron chi connectivity index (χ0n) is 15.6. The fourth-order valence-electron chi connectivity index (χ4n) is 3.16. The molecule has 3 aromatic rings. The number of nitrogens with zero attached hydrogens (tertiary/aromatic N) is 5. The highest BCUT2D eigenvalue weighted by Crippen LogP contribution is 2.26. The van der Waals surface area contributed by atoms with Crippen LogP contribution in [0, 0.1) is 0 Å². The van der Waals surface area contributed by atoms with E-state index in [1.54, 1.807) is 6.20 Å². The van der Waals surface area contributed by atoms with Crippen molar-refractivity contribution in [1.82, 2.24) is 29.0 Å². The summed E-state index contributed by atoms with van der Waals surface area (Å²) < 4.78 is 27.9. The van der Waals surface area contributed by atoms with Crippen molar-refractivity contribution in [3.8, 4) is 11.5 Å². The summed E-state index contributed by atoms with van der Waals surface area (Å²) in [6.45, 7) is 1.17. The molecule has 1 fully saturated rings. The minimum Gasteiger partial charge on any atom is -0.382 e. The van der Waals surface area contributed by atoms with Gasteiger partial charge in [0.1, 0.15) is 5.82 Å². The van der Waals surface area contributed by atoms with Crippen LogP contribution in [-0.4, -0.2) is 65.9 Å². The number of hydrogen-bond donors (Lipinski definition) is 3. The van der Waals surface area contributed by atoms with Gasteiger partial charge in [-0.1, -0.05) is 12.1 Å². The molecule has 0 bridgehead atoms. The van der Waals surface area contributed by atoms with Gasteiger partial charge >= 0.3 is 0 Å². The third-order valence-electron chi connectivity index (χ3n) is 4.71. The summed E-state index contributed by atoms with van der Waals surface area (Å²) in [4.78, 5) is 18.6. The molecule has 4 N–H and O–H groups in total. The maximum Gasteiger partial charge on any atom is 0.279 e. The number of aromatic amines is 1. The molecular weight excluding hydrogens is 380 g/mol. The van der Waals surface area contributed by atoms with Crippen LogP contribution in [0.15, 0.2) is 30.5 Å². The molecule has 1 atom stereocenters. The smallest absolute Gasteiger partial charge is 0.279 e. The second kappa shape index (κ2) is 7.00. The Balaban J connectivity index is 0.00000160. The Hall–Kier alpha value is -2.76. The van der Waals surface area contributed by atoms with Crippen LogP contribution in [0.3, 0.4) is 0 Å². The number of nitrogens with two attached hydrogens (primary N) is 1. The van der Waals surface area contributed by atoms with E-state index in [0.717, 1.165) is 11.0 Å². The van der Waals surface area contributed by atoms with Crippen molar-refractivity contribution in [2.45, 2.75) is 12.5 Å². The fraction of sp³-hybridized carbons (Fsp3) is 0.353. The zero-order chi connectivity index (χ0) is 19.9. The summed E-state index contributed by atoms with van der Waals surface area (Å²) in [5.41, 5.74) is 8.23. The van der Waals surface area contributed by atoms with Crippen molar-refractivity contribution < 1.29 is 11.3 Å². The molecule has 1 aliphatic heterocycles. The van der Waals surface area contributed by atoms with Crippen LogP contribution in [0.4, 0.5) is 11.6 Å². The van der Waals surface area contributed by atoms with Gasteiger partial charge in [-0.2, -0.15) is 17.4 Å². The molecule has 0 aliphatic carbocycles. The van der Waals surface area contributed by atoms with Crippen LogP contribution < -0.4 is 15.4 Å². The lowest BCUT2D eigenvalue weighted by atomic mass is 10.3. The molecule has 1 aliphatic rings. The van der Waals surface area contributed by atoms with E-state index in [4.69, 9.17) is 5.73 Å². The molecule has 0 amide bonds. The number of H-pyrrole nitrogens is 1. The highest BCUT2D eigenvalue weighted by molar-refractivity contribution is 7.87. The SMILES string of the molecule is CN(C)S(=O)(=O)N[C@H]1CCN(c2cnc(N)c(-c3nc4ccccc4[nH]3)n2)C1.[HH].[HH]. The first-order valence-electron chi connectivity index (χ1n) is 8.86. The molecule has 0 saturated carbocycles. The minimum absolute atomic E-state index is 0. The van der Waals surface area contributed by atoms with E-state index in [1.165, 1.54) is 18.4 Å². The van der Waals surface area contributed by atoms with E-state index in [-0.39, 0.29) is 14.7 Å². The van der Waals surface area contributed by atoms with Gasteiger partial charge in [0.05, 0.1) is 17.2 Å². The summed E-state index contributed by atoms with van der Waals surface area (Å²) in [7, 11) is -0.474. The first kappa shape index (κ1) is 18.6. The van der Waals surface area contributed by atoms with Crippen molar-refractivity contribution in [3.05, 3.63) is 30.5 Å². The maximum absolute atomic E-state index is 12.0. The predicted molar refractivity (Wildman–Crippen MR) is 112 cm³/mol. The molecule has 152 valence electrons. The van der Waals surface area contributed by atoms with E-state index in [2.05, 4.69) is 24.7 Å². The molecule has 0 unspecified atom stereocenters. The van der Waals surface area contributed by atoms with Gasteiger partial charge in [0.2, 0.25) is 0 Å². The molecule has 1 aromatic carbocycles. The number of imidazole rings is 1. The van der Waals surface area contributed by atoms with Gasteiger partial charge in [0.25, 0.3) is 10.2 Å². The molecule has 0 radical (unpaired) electrons. The minimum atomic E-state index is -3.47. The number of anilines is 2. The van der Waals surface area contributed by atoms with Gasteiger partial charge in [0.15, 0.2) is 17.3 Å². The molecule has 11 heteroatoms. The fourth-order valence-corrected chi connectivity index (χ4v) is 3.99. The van der Waals surface area contributed by atoms with E-state index in [9.17, 15) is 8.42 Å². The van der Waals surface area contributed by atoms with Gasteiger partial charge in [-0.25, -0.2) is 15.0 Å². The van der Waals surface area contributed by atoms with Crippen molar-refractivity contribution in [1.29, 1.82) is 0 Å². The van der Waals surface area contributed by atoms with Crippen molar-refractivity contribution in [2.24, 2.45) is 0 Å². The Morgan fingerprint density at radius 3 is 2.86 bits per heavy atom. The average molecular weight is 407 g/mol. The van der Waals surface area contributed by atoms with Crippen LogP contribution in [0.5, 0.6) is 0 Å². The summed E-state index contributed by atoms with van der Waals surface area (Å²) in [6, 6.07) is 7.49. The van der Waals surface area contributed by atoms with Gasteiger partial charge < -0.3 is 15.6 Å². The Labute approximate surface area is 165 Å². The molecule has 3 heterocycles. The first-order chi connectivity index (χ1) is 13.3. The number of aromatic nitrogens is 4. The third-order valence-corrected chi connectivity index (χ3v) is 6.30. The molecule has 28 heavy (non-hydrogen) atoms. The topological polar surface area (TPSA) is 133 Å². The molecule has 10 nitrogen and oxygen atoms in total. The lowest BCUT2D eigenvalue weighted by Gasteiger charge is -2.19. The Morgan fingerprint density at radius 2 is 2.11 bits per heavy atom. The molecular formula is C17H26N8O2S. The monoisotopic (exact) mass is 406 g/mol. The van der Waals surface area contributed by atoms with Gasteiger partial charge in [-0.15, -0.1) is 0 Å². The quantitative estimate of drug-likeness (QED) is 0.577. The summed E-state index contributed by atoms with van der Waals surface area (Å²) >= 11 is 0. The average Bonchev–Trinajstić information content (AvgIpc) is 3.28. The first-order valence-corrected chi connectivity index (χ1v) is 10.3. The number of nitrogen functional groups attached to an aromatic ring is 1. The predicted octanol–water partition coefficient (Wildman–Crippen LogP) is 1.07. The maximum atomic E-state index is 12.0. The van der Waals surface area contributed by atoms with Crippen LogP contribution in [0.25, 0.3) is 22.6 Å². The Morgan fingerprint density at radius 1 is 1.32 bits per heavy atom. The molecule has 4 rings (SSSR count). The van der Waals surface area contributed by atoms with E-state index < -0.39 is 10.2 Å². The Bertz CT molecular complexity index is 1090. The summed E-state index contributed by atoms with van der Waals surface area (Å²) in [6.07, 6.45) is 2.28. The zero-order valence-corrected chi connectivity index (χ0v) is 16.4. The summed E-state index contributed by atoms with van der Waals surface area (Å²) in [5, 5.41) is 0. The van der Waals surface area contributed by atoms with Crippen molar-refractivity contribution in [2.75, 3.05) is 37.8 Å². The lowest BCUT2D eigenvalue weighted by Crippen LogP contribution is -2.43. The number of nitrogens with one attached hydrogen (secondary N) is 2. The van der Waals surface area contributed by atoms with Gasteiger partial charge in [0, 0.05) is 36.1 Å². The number of hydrogen-bond acceptors (Lipinski definition) is 7. The second-order valence-corrected chi connectivity index (χ2v) is 8.82. The van der Waals surface area contributed by atoms with Crippen LogP contribution in [0.1, 0.15) is 9.27 Å². The second-order valence-electron chi connectivity index (χ2n) is 6.90. The van der Waals surface area contributed by atoms with Crippen LogP contribution in [0.2, 0.25) is 0 Å². The van der Waals surface area contributed by atoms with E-state index in [1.807, 2.05) is 29.2 Å². The van der Waals surface area contributed by atoms with Gasteiger partial charge in [-0.3, -0.25) is 0 Å². The lowest BCUT2D eigenvalue weighted by molar-refractivity contribution is 0.491. The molecule has 0 spiro atoms. The van der Waals surface area contributed by atoms with E-state index in [0.29, 0.717) is 36.8 Å². The highest BCUT2D eigenvalue weighted by atomic mass is 32.2. The van der Waals surface area contributed by atoms with Gasteiger partial charge in [-0.05, 0) is 18.6 Å². The highest BCUT2D eigenvalue weighted by Gasteiger charge is 2.28. The van der Waals surface area contributed by atoms with Crippen molar-refractivity contribution in [3.63, 3.8) is 0 Å². The van der Waals surface area contributed by atoms with Crippen LogP contribution >= 0.6 is 0 Å². The van der Waals surface area contributed by atoms with E-state index >= 15 is 0 Å². The number of rotatable bonds is 5. The van der Waals surface area contributed by atoms with Crippen molar-refractivity contribution >= 4 is 32.9 Å². The normalized spacial score (nSPS) is 17.7. The largest absolute Gasteiger partial charge is 0.382 e. The third kappa shape index (κ3) is 3.51. The molecule has 1 saturated heterocycles. The molecule has 2 aromatic heterocycles. The number of para-hydroxylation sites is 2. The Kier molecular flexibility index (Phi) is 4.65.